The van der Waals surface area contributed by atoms with Crippen LogP contribution in [0.2, 0.25) is 0 Å². The first-order chi connectivity index (χ1) is 25.2. The van der Waals surface area contributed by atoms with Crippen molar-refractivity contribution in [3.05, 3.63) is 36.6 Å². The number of piperidine rings is 1. The number of nitrogens with zero attached hydrogens (tertiary/aromatic N) is 2. The van der Waals surface area contributed by atoms with Crippen LogP contribution in [0, 0.1) is 17.8 Å². The van der Waals surface area contributed by atoms with Crippen LogP contribution in [0.4, 0.5) is 0 Å². The van der Waals surface area contributed by atoms with Crippen LogP contribution in [-0.4, -0.2) is 167 Å². The van der Waals surface area contributed by atoms with E-state index in [2.05, 4.69) is 22.2 Å². The van der Waals surface area contributed by atoms with Crippen molar-refractivity contribution in [3.63, 3.8) is 0 Å². The molecule has 4 rings (SSSR count). The fraction of sp³-hybridized carbons (Fsp3) is 0.735. The highest BCUT2D eigenvalue weighted by Gasteiger charge is 2.58. The minimum absolute atomic E-state index is 0.0215. The van der Waals surface area contributed by atoms with Crippen molar-refractivity contribution in [1.29, 1.82) is 0 Å². The highest BCUT2D eigenvalue weighted by atomic mass is 16.8. The summed E-state index contributed by atoms with van der Waals surface area (Å²) in [6, 6.07) is -0.841. The molecule has 1 aliphatic carbocycles. The first-order valence-corrected chi connectivity index (χ1v) is 17.7. The monoisotopic (exact) mass is 757 g/mol. The summed E-state index contributed by atoms with van der Waals surface area (Å²) < 4.78 is 28.9. The number of aliphatic hydroxyl groups is 6. The van der Waals surface area contributed by atoms with E-state index in [9.17, 15) is 45.3 Å². The minimum atomic E-state index is -2.99. The van der Waals surface area contributed by atoms with E-state index in [4.69, 9.17) is 29.4 Å². The summed E-state index contributed by atoms with van der Waals surface area (Å²) in [5.74, 6) is -8.09. The number of rotatable bonds is 15. The number of likely N-dealkylation sites (tertiary alicyclic amines) is 1. The van der Waals surface area contributed by atoms with Gasteiger partial charge in [-0.1, -0.05) is 24.6 Å². The van der Waals surface area contributed by atoms with Gasteiger partial charge in [0, 0.05) is 32.6 Å². The Labute approximate surface area is 307 Å². The quantitative estimate of drug-likeness (QED) is 0.0263. The molecule has 11 N–H and O–H groups in total. The Morgan fingerprint density at radius 2 is 1.89 bits per heavy atom. The Bertz CT molecular complexity index is 1340. The summed E-state index contributed by atoms with van der Waals surface area (Å²) in [5, 5.41) is 80.2. The first kappa shape index (κ1) is 42.5. The number of aliphatic hydroxyl groups excluding tert-OH is 3. The van der Waals surface area contributed by atoms with Gasteiger partial charge >= 0.3 is 11.9 Å². The van der Waals surface area contributed by atoms with Gasteiger partial charge in [-0.2, -0.15) is 0 Å². The van der Waals surface area contributed by atoms with Gasteiger partial charge in [-0.3, -0.25) is 20.0 Å². The number of ether oxygens (including phenoxy) is 5. The number of carbonyl (C=O) groups excluding carboxylic acids is 1. The third-order valence-electron chi connectivity index (χ3n) is 10.2. The molecule has 0 radical (unpaired) electrons. The molecule has 300 valence electrons. The van der Waals surface area contributed by atoms with Crippen LogP contribution >= 0.6 is 0 Å². The van der Waals surface area contributed by atoms with Crippen LogP contribution in [-0.2, 0) is 33.3 Å². The standard InChI is InChI=1S/C34H55N5O14/c1-4-22-30(53-31-27(50-18-36-2)34(47,48)26(42)24(16-41)52-31)49-17-23(29(45)51-20-8-6-5-7-9-20)33(22,46)11-10-19-14-39(12-13-40)15-21(28(43)44)25(19)38-32(35)37-3/h4,10-11,17,19-22,24-27,30-31,36,40-42,46-48H,1,5-9,12-16,18H2,2-3H3,(H,43,44)(H3,35,37,38). The van der Waals surface area contributed by atoms with E-state index in [-0.39, 0.29) is 44.5 Å². The average molecular weight is 758 g/mol. The predicted molar refractivity (Wildman–Crippen MR) is 185 cm³/mol. The highest BCUT2D eigenvalue weighted by molar-refractivity contribution is 5.91. The maximum atomic E-state index is 13.8. The fourth-order valence-electron chi connectivity index (χ4n) is 7.26. The summed E-state index contributed by atoms with van der Waals surface area (Å²) in [7, 11) is 2.95. The summed E-state index contributed by atoms with van der Waals surface area (Å²) in [5.41, 5.74) is 3.36. The number of aliphatic carboxylic acids is 1. The van der Waals surface area contributed by atoms with Gasteiger partial charge in [0.15, 0.2) is 18.4 Å². The van der Waals surface area contributed by atoms with Crippen LogP contribution < -0.4 is 16.4 Å². The summed E-state index contributed by atoms with van der Waals surface area (Å²) in [4.78, 5) is 32.0. The molecule has 3 fully saturated rings. The van der Waals surface area contributed by atoms with Crippen molar-refractivity contribution in [2.75, 3.05) is 53.7 Å². The lowest BCUT2D eigenvalue weighted by Gasteiger charge is -2.48. The molecule has 3 heterocycles. The number of carboxylic acid groups (broad SMARTS) is 1. The average Bonchev–Trinajstić information content (AvgIpc) is 3.13. The molecule has 2 saturated heterocycles. The van der Waals surface area contributed by atoms with Crippen molar-refractivity contribution in [2.24, 2.45) is 28.5 Å². The van der Waals surface area contributed by atoms with E-state index in [0.29, 0.717) is 12.8 Å². The van der Waals surface area contributed by atoms with Crippen LogP contribution in [0.15, 0.2) is 41.6 Å². The number of aliphatic imine (C=N–C) groups is 1. The largest absolute Gasteiger partial charge is 0.481 e. The van der Waals surface area contributed by atoms with Gasteiger partial charge in [-0.25, -0.2) is 4.79 Å². The number of nitrogens with one attached hydrogen (secondary N) is 2. The Morgan fingerprint density at radius 3 is 2.49 bits per heavy atom. The molecule has 10 unspecified atom stereocenters. The number of guanidine groups is 1. The third kappa shape index (κ3) is 9.73. The van der Waals surface area contributed by atoms with E-state index in [1.165, 1.54) is 32.3 Å². The minimum Gasteiger partial charge on any atom is -0.481 e. The smallest absolute Gasteiger partial charge is 0.340 e. The highest BCUT2D eigenvalue weighted by Crippen LogP contribution is 2.41. The number of esters is 1. The zero-order chi connectivity index (χ0) is 38.9. The maximum Gasteiger partial charge on any atom is 0.340 e. The predicted octanol–water partition coefficient (Wildman–Crippen LogP) is -2.94. The van der Waals surface area contributed by atoms with E-state index in [1.54, 1.807) is 4.90 Å². The molecule has 4 aliphatic rings. The second kappa shape index (κ2) is 18.9. The molecule has 0 amide bonds. The molecular weight excluding hydrogens is 702 g/mol. The normalized spacial score (nSPS) is 35.7. The maximum absolute atomic E-state index is 13.8. The second-order valence-corrected chi connectivity index (χ2v) is 13.7. The van der Waals surface area contributed by atoms with Gasteiger partial charge in [0.25, 0.3) is 0 Å². The van der Waals surface area contributed by atoms with E-state index in [0.717, 1.165) is 25.5 Å². The molecule has 19 heteroatoms. The number of carboxylic acids is 1. The topological polar surface area (TPSA) is 288 Å². The van der Waals surface area contributed by atoms with Gasteiger partial charge in [0.1, 0.15) is 35.7 Å². The Morgan fingerprint density at radius 1 is 1.17 bits per heavy atom. The molecule has 53 heavy (non-hydrogen) atoms. The Kier molecular flexibility index (Phi) is 15.2. The number of hydrogen-bond acceptors (Lipinski definition) is 16. The number of carbonyl (C=O) groups is 2. The molecule has 3 aliphatic heterocycles. The van der Waals surface area contributed by atoms with Crippen LogP contribution in [0.25, 0.3) is 0 Å². The number of β-amino-alcohol motifs (C(OH)–C–C–N with tert-alkyl or cyclic N) is 1. The van der Waals surface area contributed by atoms with E-state index < -0.39 is 90.7 Å². The lowest BCUT2D eigenvalue weighted by molar-refractivity contribution is -0.412. The zero-order valence-corrected chi connectivity index (χ0v) is 30.0. The summed E-state index contributed by atoms with van der Waals surface area (Å²) in [6.07, 6.45) is -0.00511. The summed E-state index contributed by atoms with van der Waals surface area (Å²) >= 11 is 0. The molecule has 1 saturated carbocycles. The lowest BCUT2D eigenvalue weighted by Crippen LogP contribution is -2.69. The third-order valence-corrected chi connectivity index (χ3v) is 10.2. The fourth-order valence-corrected chi connectivity index (χ4v) is 7.26. The van der Waals surface area contributed by atoms with Gasteiger partial charge in [0.05, 0.1) is 37.8 Å². The van der Waals surface area contributed by atoms with Gasteiger partial charge in [-0.05, 0) is 32.7 Å². The molecule has 10 atom stereocenters. The van der Waals surface area contributed by atoms with Gasteiger partial charge < -0.3 is 70.5 Å². The van der Waals surface area contributed by atoms with Crippen LogP contribution in [0.3, 0.4) is 0 Å². The lowest BCUT2D eigenvalue weighted by atomic mass is 9.76. The van der Waals surface area contributed by atoms with Crippen molar-refractivity contribution >= 4 is 17.9 Å². The Balaban J connectivity index is 1.76. The van der Waals surface area contributed by atoms with Crippen molar-refractivity contribution in [2.45, 2.75) is 86.5 Å². The molecular formula is C34H55N5O14. The van der Waals surface area contributed by atoms with E-state index in [1.807, 2.05) is 0 Å². The molecule has 0 aromatic carbocycles. The first-order valence-electron chi connectivity index (χ1n) is 17.7. The molecule has 0 bridgehead atoms. The SMILES string of the molecule is C=CC1C(OC2OC(CO)C(O)C(O)(O)C2OCNC)OC=C(C(=O)OC2CCCCC2)C1(O)C=CC1CN(CCO)CC(C(=O)O)C1NC(N)=NC. The Hall–Kier alpha value is -3.21. The number of nitrogens with two attached hydrogens (primary N) is 1. The molecule has 0 aromatic heterocycles. The van der Waals surface area contributed by atoms with Crippen molar-refractivity contribution in [3.8, 4) is 0 Å². The van der Waals surface area contributed by atoms with Crippen LogP contribution in [0.5, 0.6) is 0 Å². The molecule has 19 nitrogen and oxygen atoms in total. The van der Waals surface area contributed by atoms with E-state index >= 15 is 0 Å². The van der Waals surface area contributed by atoms with Gasteiger partial charge in [0.2, 0.25) is 12.1 Å². The summed E-state index contributed by atoms with van der Waals surface area (Å²) in [6.45, 7) is 2.99. The zero-order valence-electron chi connectivity index (χ0n) is 30.0. The van der Waals surface area contributed by atoms with Gasteiger partial charge in [-0.15, -0.1) is 6.58 Å². The molecule has 0 aromatic rings. The van der Waals surface area contributed by atoms with Crippen molar-refractivity contribution < 1.29 is 69.0 Å². The second-order valence-electron chi connectivity index (χ2n) is 13.7. The van der Waals surface area contributed by atoms with Crippen LogP contribution in [0.1, 0.15) is 32.1 Å². The molecule has 0 spiro atoms. The number of hydrogen-bond donors (Lipinski definition) is 10. The van der Waals surface area contributed by atoms with Crippen molar-refractivity contribution in [1.82, 2.24) is 15.5 Å².